The molecule has 0 saturated carbocycles. The van der Waals surface area contributed by atoms with E-state index in [1.54, 1.807) is 23.4 Å². The first-order chi connectivity index (χ1) is 8.79. The molecule has 0 amide bonds. The van der Waals surface area contributed by atoms with E-state index in [1.807, 2.05) is 19.9 Å². The van der Waals surface area contributed by atoms with E-state index in [9.17, 15) is 8.42 Å². The van der Waals surface area contributed by atoms with Crippen molar-refractivity contribution in [2.45, 2.75) is 44.0 Å². The van der Waals surface area contributed by atoms with Gasteiger partial charge in [-0.1, -0.05) is 6.07 Å². The summed E-state index contributed by atoms with van der Waals surface area (Å²) >= 11 is 0. The van der Waals surface area contributed by atoms with Gasteiger partial charge in [0.2, 0.25) is 10.0 Å². The van der Waals surface area contributed by atoms with Crippen LogP contribution in [0.15, 0.2) is 23.1 Å². The smallest absolute Gasteiger partial charge is 0.207 e. The van der Waals surface area contributed by atoms with Crippen molar-refractivity contribution in [2.75, 3.05) is 6.54 Å². The van der Waals surface area contributed by atoms with Gasteiger partial charge in [0.05, 0.1) is 16.5 Å². The van der Waals surface area contributed by atoms with Crippen LogP contribution in [-0.4, -0.2) is 24.8 Å². The topological polar surface area (TPSA) is 61.2 Å². The van der Waals surface area contributed by atoms with Gasteiger partial charge in [-0.2, -0.15) is 9.57 Å². The highest BCUT2D eigenvalue weighted by Gasteiger charge is 2.41. The van der Waals surface area contributed by atoms with Crippen LogP contribution in [-0.2, 0) is 10.0 Å². The molecule has 1 aromatic carbocycles. The zero-order valence-corrected chi connectivity index (χ0v) is 12.3. The maximum Gasteiger partial charge on any atom is 0.243 e. The number of nitrogens with zero attached hydrogens (tertiary/aromatic N) is 2. The molecule has 0 aromatic heterocycles. The van der Waals surface area contributed by atoms with Crippen LogP contribution in [0.5, 0.6) is 0 Å². The molecule has 4 nitrogen and oxygen atoms in total. The lowest BCUT2D eigenvalue weighted by Crippen LogP contribution is -2.42. The Morgan fingerprint density at radius 3 is 2.58 bits per heavy atom. The summed E-state index contributed by atoms with van der Waals surface area (Å²) in [6, 6.07) is 6.80. The van der Waals surface area contributed by atoms with Crippen molar-refractivity contribution in [1.82, 2.24) is 4.31 Å². The minimum absolute atomic E-state index is 0.251. The van der Waals surface area contributed by atoms with Gasteiger partial charge in [-0.05, 0) is 51.3 Å². The zero-order valence-electron chi connectivity index (χ0n) is 11.5. The van der Waals surface area contributed by atoms with Gasteiger partial charge < -0.3 is 0 Å². The normalized spacial score (nSPS) is 19.3. The van der Waals surface area contributed by atoms with Gasteiger partial charge in [-0.25, -0.2) is 8.42 Å². The van der Waals surface area contributed by atoms with Crippen LogP contribution >= 0.6 is 0 Å². The molecule has 0 spiro atoms. The van der Waals surface area contributed by atoms with Gasteiger partial charge in [0, 0.05) is 12.1 Å². The number of hydrogen-bond acceptors (Lipinski definition) is 3. The van der Waals surface area contributed by atoms with E-state index in [1.165, 1.54) is 6.07 Å². The predicted molar refractivity (Wildman–Crippen MR) is 73.1 cm³/mol. The summed E-state index contributed by atoms with van der Waals surface area (Å²) in [7, 11) is -3.53. The molecule has 102 valence electrons. The number of benzene rings is 1. The van der Waals surface area contributed by atoms with E-state index in [4.69, 9.17) is 5.26 Å². The van der Waals surface area contributed by atoms with Crippen LogP contribution in [0.1, 0.15) is 37.8 Å². The van der Waals surface area contributed by atoms with Crippen LogP contribution in [0.25, 0.3) is 0 Å². The molecule has 1 heterocycles. The first-order valence-electron chi connectivity index (χ1n) is 6.33. The molecule has 1 aromatic rings. The lowest BCUT2D eigenvalue weighted by Gasteiger charge is -2.31. The summed E-state index contributed by atoms with van der Waals surface area (Å²) in [6.07, 6.45) is 1.74. The number of hydrogen-bond donors (Lipinski definition) is 0. The maximum atomic E-state index is 12.8. The standard InChI is InChI=1S/C14H18N2O2S/c1-11-5-6-12(10-15)9-13(11)19(17,18)16-8-4-7-14(16,2)3/h5-6,9H,4,7-8H2,1-3H3. The van der Waals surface area contributed by atoms with Crippen LogP contribution in [0.4, 0.5) is 0 Å². The number of sulfonamides is 1. The first-order valence-corrected chi connectivity index (χ1v) is 7.77. The minimum atomic E-state index is -3.53. The van der Waals surface area contributed by atoms with E-state index in [0.717, 1.165) is 12.8 Å². The molecular weight excluding hydrogens is 260 g/mol. The first kappa shape index (κ1) is 14.0. The Kier molecular flexibility index (Phi) is 3.41. The average Bonchev–Trinajstić information content (AvgIpc) is 2.70. The van der Waals surface area contributed by atoms with Gasteiger partial charge in [0.25, 0.3) is 0 Å². The SMILES string of the molecule is Cc1ccc(C#N)cc1S(=O)(=O)N1CCCC1(C)C. The van der Waals surface area contributed by atoms with E-state index >= 15 is 0 Å². The monoisotopic (exact) mass is 278 g/mol. The molecule has 0 atom stereocenters. The molecule has 0 bridgehead atoms. The Labute approximate surface area is 114 Å². The Balaban J connectivity index is 2.55. The molecule has 1 fully saturated rings. The van der Waals surface area contributed by atoms with Crippen molar-refractivity contribution in [3.8, 4) is 6.07 Å². The summed E-state index contributed by atoms with van der Waals surface area (Å²) in [6.45, 7) is 6.20. The quantitative estimate of drug-likeness (QED) is 0.834. The van der Waals surface area contributed by atoms with E-state index in [-0.39, 0.29) is 10.4 Å². The van der Waals surface area contributed by atoms with Crippen molar-refractivity contribution >= 4 is 10.0 Å². The Morgan fingerprint density at radius 2 is 2.05 bits per heavy atom. The van der Waals surface area contributed by atoms with Gasteiger partial charge in [-0.3, -0.25) is 0 Å². The summed E-state index contributed by atoms with van der Waals surface area (Å²) in [4.78, 5) is 0.251. The second-order valence-electron chi connectivity index (χ2n) is 5.59. The molecule has 0 radical (unpaired) electrons. The minimum Gasteiger partial charge on any atom is -0.207 e. The number of aryl methyl sites for hydroxylation is 1. The Morgan fingerprint density at radius 1 is 1.37 bits per heavy atom. The number of nitriles is 1. The van der Waals surface area contributed by atoms with Gasteiger partial charge in [0.1, 0.15) is 0 Å². The predicted octanol–water partition coefficient (Wildman–Crippen LogP) is 2.43. The fourth-order valence-electron chi connectivity index (χ4n) is 2.59. The summed E-state index contributed by atoms with van der Waals surface area (Å²) in [5.74, 6) is 0. The van der Waals surface area contributed by atoms with Crippen molar-refractivity contribution in [2.24, 2.45) is 0 Å². The summed E-state index contributed by atoms with van der Waals surface area (Å²) in [5, 5.41) is 8.93. The summed E-state index contributed by atoms with van der Waals surface area (Å²) in [5.41, 5.74) is 0.705. The second kappa shape index (κ2) is 4.62. The third-order valence-electron chi connectivity index (χ3n) is 3.71. The van der Waals surface area contributed by atoms with Gasteiger partial charge in [0.15, 0.2) is 0 Å². The Bertz CT molecular complexity index is 642. The van der Waals surface area contributed by atoms with Gasteiger partial charge in [-0.15, -0.1) is 0 Å². The van der Waals surface area contributed by atoms with E-state index in [2.05, 4.69) is 0 Å². The second-order valence-corrected chi connectivity index (χ2v) is 7.42. The highest BCUT2D eigenvalue weighted by atomic mass is 32.2. The molecule has 19 heavy (non-hydrogen) atoms. The van der Waals surface area contributed by atoms with Crippen LogP contribution in [0, 0.1) is 18.3 Å². The lowest BCUT2D eigenvalue weighted by atomic mass is 10.0. The maximum absolute atomic E-state index is 12.8. The van der Waals surface area contributed by atoms with Crippen LogP contribution < -0.4 is 0 Å². The van der Waals surface area contributed by atoms with Crippen molar-refractivity contribution in [3.63, 3.8) is 0 Å². The Hall–Kier alpha value is -1.38. The average molecular weight is 278 g/mol. The highest BCUT2D eigenvalue weighted by molar-refractivity contribution is 7.89. The fourth-order valence-corrected chi connectivity index (χ4v) is 4.69. The van der Waals surface area contributed by atoms with Crippen LogP contribution in [0.2, 0.25) is 0 Å². The van der Waals surface area contributed by atoms with Crippen molar-refractivity contribution < 1.29 is 8.42 Å². The largest absolute Gasteiger partial charge is 0.243 e. The lowest BCUT2D eigenvalue weighted by molar-refractivity contribution is 0.291. The zero-order chi connectivity index (χ0) is 14.3. The molecule has 2 rings (SSSR count). The van der Waals surface area contributed by atoms with Crippen molar-refractivity contribution in [1.29, 1.82) is 5.26 Å². The molecule has 1 aliphatic rings. The molecule has 0 N–H and O–H groups in total. The third-order valence-corrected chi connectivity index (χ3v) is 5.96. The van der Waals surface area contributed by atoms with E-state index in [0.29, 0.717) is 17.7 Å². The summed E-state index contributed by atoms with van der Waals surface area (Å²) < 4.78 is 27.1. The molecular formula is C14H18N2O2S. The molecule has 0 unspecified atom stereocenters. The molecule has 1 saturated heterocycles. The van der Waals surface area contributed by atoms with Crippen molar-refractivity contribution in [3.05, 3.63) is 29.3 Å². The highest BCUT2D eigenvalue weighted by Crippen LogP contribution is 2.34. The van der Waals surface area contributed by atoms with Gasteiger partial charge >= 0.3 is 0 Å². The third kappa shape index (κ3) is 2.38. The molecule has 5 heteroatoms. The number of rotatable bonds is 2. The van der Waals surface area contributed by atoms with E-state index < -0.39 is 10.0 Å². The molecule has 1 aliphatic heterocycles. The molecule has 0 aliphatic carbocycles. The fraction of sp³-hybridized carbons (Fsp3) is 0.500. The van der Waals surface area contributed by atoms with Crippen LogP contribution in [0.3, 0.4) is 0 Å².